The Bertz CT molecular complexity index is 1700. The van der Waals surface area contributed by atoms with Crippen LogP contribution < -0.4 is 0 Å². The molecule has 0 saturated carbocycles. The number of halogens is 2. The summed E-state index contributed by atoms with van der Waals surface area (Å²) < 4.78 is 0.224. The first-order valence-corrected chi connectivity index (χ1v) is 37.3. The average Bonchev–Trinajstić information content (AvgIpc) is 3.48. The van der Waals surface area contributed by atoms with Crippen molar-refractivity contribution in [2.45, 2.75) is 62.0 Å². The molecule has 2 aliphatic rings. The number of hydrogen-bond donors (Lipinski definition) is 0. The molecule has 0 saturated heterocycles. The molecule has 0 radical (unpaired) electrons. The second-order valence-electron chi connectivity index (χ2n) is 13.1. The third-order valence-electron chi connectivity index (χ3n) is 10.6. The van der Waals surface area contributed by atoms with Crippen molar-refractivity contribution in [2.75, 3.05) is 0 Å². The van der Waals surface area contributed by atoms with Crippen LogP contribution in [-0.2, 0) is 15.3 Å². The van der Waals surface area contributed by atoms with Gasteiger partial charge in [-0.3, -0.25) is 0 Å². The van der Waals surface area contributed by atoms with Crippen molar-refractivity contribution in [3.05, 3.63) is 128 Å². The Labute approximate surface area is 261 Å². The van der Waals surface area contributed by atoms with Gasteiger partial charge in [-0.25, -0.2) is 0 Å². The van der Waals surface area contributed by atoms with Gasteiger partial charge < -0.3 is 0 Å². The monoisotopic (exact) mass is 775 g/mol. The Morgan fingerprint density at radius 2 is 0.881 bits per heavy atom. The molecule has 4 aromatic carbocycles. The summed E-state index contributed by atoms with van der Waals surface area (Å²) in [5.74, 6) is -1.56. The second-order valence-corrected chi connectivity index (χ2v) is 72.4. The molecule has 0 fully saturated rings. The van der Waals surface area contributed by atoms with Crippen molar-refractivity contribution in [1.82, 2.24) is 0 Å². The Kier molecular flexibility index (Phi) is 7.58. The molecule has 0 aliphatic heterocycles. The first kappa shape index (κ1) is 30.1. The molecule has 0 spiro atoms. The van der Waals surface area contributed by atoms with Gasteiger partial charge in [-0.2, -0.15) is 0 Å². The van der Waals surface area contributed by atoms with E-state index in [1.807, 2.05) is 0 Å². The Morgan fingerprint density at radius 3 is 1.26 bits per heavy atom. The number of fused-ring (bicyclic) bond motifs is 2. The van der Waals surface area contributed by atoms with Crippen molar-refractivity contribution in [3.8, 4) is 22.3 Å². The Balaban J connectivity index is 1.56. The van der Waals surface area contributed by atoms with Gasteiger partial charge in [-0.15, -0.1) is 0 Å². The summed E-state index contributed by atoms with van der Waals surface area (Å²) in [6.07, 6.45) is 4.83. The minimum atomic E-state index is -4.85. The molecule has 2 aliphatic carbocycles. The van der Waals surface area contributed by atoms with Crippen molar-refractivity contribution in [3.63, 3.8) is 0 Å². The van der Waals surface area contributed by atoms with Gasteiger partial charge in [0.2, 0.25) is 0 Å². The van der Waals surface area contributed by atoms with E-state index in [0.29, 0.717) is 0 Å². The molecule has 42 heavy (non-hydrogen) atoms. The van der Waals surface area contributed by atoms with Crippen molar-refractivity contribution >= 4 is 35.3 Å². The summed E-state index contributed by atoms with van der Waals surface area (Å²) in [5, 5.41) is 0. The molecule has 2 unspecified atom stereocenters. The second kappa shape index (κ2) is 10.6. The molecule has 0 nitrogen and oxygen atoms in total. The molecule has 4 heteroatoms. The number of rotatable bonds is 5. The van der Waals surface area contributed by atoms with E-state index in [0.717, 1.165) is 0 Å². The van der Waals surface area contributed by atoms with Gasteiger partial charge in [-0.1, -0.05) is 0 Å². The first-order valence-electron chi connectivity index (χ1n) is 15.2. The maximum absolute atomic E-state index is 8.46. The molecule has 0 N–H and O–H groups in total. The number of benzene rings is 4. The van der Waals surface area contributed by atoms with Crippen LogP contribution >= 0.6 is 17.2 Å². The predicted molar refractivity (Wildman–Crippen MR) is 186 cm³/mol. The van der Waals surface area contributed by atoms with E-state index in [4.69, 9.17) is 17.2 Å². The fraction of sp³-hybridized carbons (Fsp3) is 0.263. The standard InChI is InChI=1S/2C18H17.C2H7Si.2ClH.Hf/c2*1-12-10-15-7-5-9-17(18(15)11-12)16-8-4-6-13(2)14(16)3;1-3-2;;;/h2*4-11H,1-3H3;3H,1-2H3;2*1H;/q;;;;;+2/p-2. The summed E-state index contributed by atoms with van der Waals surface area (Å²) in [6.45, 7) is 18.3. The number of aryl methyl sites for hydroxylation is 2. The molecule has 0 heterocycles. The van der Waals surface area contributed by atoms with Crippen LogP contribution in [0.1, 0.15) is 65.7 Å². The van der Waals surface area contributed by atoms with E-state index in [1.165, 1.54) is 77.9 Å². The number of allylic oxidation sites excluding steroid dienone is 2. The van der Waals surface area contributed by atoms with Crippen LogP contribution in [0.5, 0.6) is 0 Å². The predicted octanol–water partition coefficient (Wildman–Crippen LogP) is 11.9. The van der Waals surface area contributed by atoms with Crippen molar-refractivity contribution in [1.29, 1.82) is 0 Å². The molecule has 2 atom stereocenters. The van der Waals surface area contributed by atoms with E-state index >= 15 is 0 Å². The Hall–Kier alpha value is -1.97. The van der Waals surface area contributed by atoms with Crippen LogP contribution in [-0.4, -0.2) is 5.98 Å². The van der Waals surface area contributed by atoms with Gasteiger partial charge >= 0.3 is 263 Å². The fourth-order valence-electron chi connectivity index (χ4n) is 7.96. The van der Waals surface area contributed by atoms with E-state index in [-0.39, 0.29) is 7.35 Å². The summed E-state index contributed by atoms with van der Waals surface area (Å²) in [5.41, 5.74) is 18.5. The van der Waals surface area contributed by atoms with E-state index < -0.39 is 21.3 Å². The summed E-state index contributed by atoms with van der Waals surface area (Å²) in [7, 11) is 16.9. The molecule has 4 aromatic rings. The van der Waals surface area contributed by atoms with E-state index in [9.17, 15) is 0 Å². The normalized spacial score (nSPS) is 18.8. The van der Waals surface area contributed by atoms with Crippen LogP contribution in [0.15, 0.2) is 83.9 Å². The van der Waals surface area contributed by atoms with Gasteiger partial charge in [-0.05, 0) is 0 Å². The quantitative estimate of drug-likeness (QED) is 0.177. The zero-order valence-corrected chi connectivity index (χ0v) is 32.3. The van der Waals surface area contributed by atoms with E-state index in [1.54, 1.807) is 0 Å². The van der Waals surface area contributed by atoms with Gasteiger partial charge in [0, 0.05) is 0 Å². The number of hydrogen-bond acceptors (Lipinski definition) is 0. The third kappa shape index (κ3) is 4.31. The topological polar surface area (TPSA) is 0 Å². The summed E-state index contributed by atoms with van der Waals surface area (Å²) >= 11 is -4.85. The molecule has 0 bridgehead atoms. The third-order valence-corrected chi connectivity index (χ3v) is 84.0. The summed E-state index contributed by atoms with van der Waals surface area (Å²) in [4.78, 5) is 0. The zero-order valence-electron chi connectivity index (χ0n) is 26.1. The minimum absolute atomic E-state index is 0.112. The van der Waals surface area contributed by atoms with Crippen LogP contribution in [0.3, 0.4) is 0 Å². The molecule has 0 amide bonds. The van der Waals surface area contributed by atoms with Gasteiger partial charge in [0.1, 0.15) is 0 Å². The van der Waals surface area contributed by atoms with Crippen LogP contribution in [0, 0.1) is 27.7 Å². The van der Waals surface area contributed by atoms with Crippen molar-refractivity contribution in [2.24, 2.45) is 0 Å². The fourth-order valence-corrected chi connectivity index (χ4v) is 54.5. The van der Waals surface area contributed by atoms with Crippen molar-refractivity contribution < 1.29 is 15.3 Å². The SMILES string of the molecule is CC1=Cc2c(-c3cccc(C)c3C)cccc2[CH]1[Hf]([Cl])([Cl])([CH]1C(C)=Cc2c(-c3cccc(C)c3C)cccc21)[SiH](C)C. The molecule has 0 aromatic heterocycles. The average molecular weight is 775 g/mol. The zero-order chi connectivity index (χ0) is 30.2. The molecular formula is C38H41Cl2HfSi. The van der Waals surface area contributed by atoms with Gasteiger partial charge in [0.25, 0.3) is 0 Å². The maximum atomic E-state index is 8.46. The molecule has 6 rings (SSSR count). The van der Waals surface area contributed by atoms with Crippen LogP contribution in [0.25, 0.3) is 34.4 Å². The van der Waals surface area contributed by atoms with Gasteiger partial charge in [0.05, 0.1) is 0 Å². The first-order chi connectivity index (χ1) is 19.9. The molecular weight excluding hydrogens is 734 g/mol. The van der Waals surface area contributed by atoms with Crippen LogP contribution in [0.2, 0.25) is 13.1 Å². The van der Waals surface area contributed by atoms with E-state index in [2.05, 4.69) is 140 Å². The summed E-state index contributed by atoms with van der Waals surface area (Å²) in [6, 6.07) is 26.9. The van der Waals surface area contributed by atoms with Crippen LogP contribution in [0.4, 0.5) is 0 Å². The Morgan fingerprint density at radius 1 is 0.524 bits per heavy atom. The molecule has 215 valence electrons. The van der Waals surface area contributed by atoms with Gasteiger partial charge in [0.15, 0.2) is 0 Å².